The lowest BCUT2D eigenvalue weighted by Gasteiger charge is -2.23. The average molecular weight is 598 g/mol. The fraction of sp³-hybridized carbons (Fsp3) is 0.423. The lowest BCUT2D eigenvalue weighted by molar-refractivity contribution is -0.137. The van der Waals surface area contributed by atoms with E-state index in [1.54, 1.807) is 0 Å². The van der Waals surface area contributed by atoms with Crippen molar-refractivity contribution < 1.29 is 42.0 Å². The van der Waals surface area contributed by atoms with E-state index in [-0.39, 0.29) is 63.5 Å². The van der Waals surface area contributed by atoms with Gasteiger partial charge in [0.25, 0.3) is 0 Å². The summed E-state index contributed by atoms with van der Waals surface area (Å²) >= 11 is 0. The predicted molar refractivity (Wildman–Crippen MR) is 148 cm³/mol. The maximum Gasteiger partial charge on any atom is 0.491 e. The molecular weight excluding hydrogens is 563 g/mol. The first-order valence-corrected chi connectivity index (χ1v) is 13.1. The summed E-state index contributed by atoms with van der Waals surface area (Å²) in [6.45, 7) is 1.01. The maximum absolute atomic E-state index is 13.8. The second kappa shape index (κ2) is 16.2. The molecule has 3 amide bonds. The number of hydrogen-bond acceptors (Lipinski definition) is 8. The lowest BCUT2D eigenvalue weighted by Crippen LogP contribution is -2.50. The van der Waals surface area contributed by atoms with E-state index in [1.165, 1.54) is 23.1 Å². The molecule has 0 saturated carbocycles. The number of alkyl halides is 3. The molecule has 0 saturated heterocycles. The summed E-state index contributed by atoms with van der Waals surface area (Å²) in [5.41, 5.74) is 16.1. The van der Waals surface area contributed by atoms with Crippen molar-refractivity contribution in [3.8, 4) is 0 Å². The summed E-state index contributed by atoms with van der Waals surface area (Å²) in [6, 6.07) is 4.93. The minimum absolute atomic E-state index is 0.00641. The van der Waals surface area contributed by atoms with E-state index in [4.69, 9.17) is 17.2 Å². The fourth-order valence-electron chi connectivity index (χ4n) is 4.01. The van der Waals surface area contributed by atoms with Gasteiger partial charge in [0.1, 0.15) is 11.9 Å². The summed E-state index contributed by atoms with van der Waals surface area (Å²) in [5, 5.41) is 23.6. The number of anilines is 1. The van der Waals surface area contributed by atoms with Crippen LogP contribution in [-0.2, 0) is 27.0 Å². The molecule has 10 N–H and O–H groups in total. The predicted octanol–water partition coefficient (Wildman–Crippen LogP) is -0.566. The lowest BCUT2D eigenvalue weighted by atomic mass is 9.79. The second-order valence-electron chi connectivity index (χ2n) is 9.50. The number of nitrogens with one attached hydrogen (secondary N) is 2. The minimum Gasteiger partial charge on any atom is -0.423 e. The fourth-order valence-corrected chi connectivity index (χ4v) is 4.01. The van der Waals surface area contributed by atoms with Gasteiger partial charge in [-0.25, -0.2) is 4.39 Å². The Morgan fingerprint density at radius 2 is 1.57 bits per heavy atom. The number of carbonyl (C=O) groups excluding carboxylic acids is 3. The molecule has 0 aromatic heterocycles. The third kappa shape index (κ3) is 10.7. The van der Waals surface area contributed by atoms with Gasteiger partial charge in [-0.2, -0.15) is 13.2 Å². The molecular formula is C26H35BF4N6O5. The van der Waals surface area contributed by atoms with E-state index >= 15 is 0 Å². The second-order valence-corrected chi connectivity index (χ2v) is 9.50. The first-order chi connectivity index (χ1) is 19.8. The Bertz CT molecular complexity index is 1200. The molecule has 0 aliphatic heterocycles. The molecule has 0 aliphatic carbocycles. The number of hydrogen-bond donors (Lipinski definition) is 7. The molecule has 230 valence electrons. The molecule has 0 aliphatic rings. The van der Waals surface area contributed by atoms with Crippen LogP contribution in [0.2, 0.25) is 0 Å². The molecule has 0 radical (unpaired) electrons. The Morgan fingerprint density at radius 3 is 2.12 bits per heavy atom. The molecule has 2 atom stereocenters. The summed E-state index contributed by atoms with van der Waals surface area (Å²) in [4.78, 5) is 39.9. The van der Waals surface area contributed by atoms with Gasteiger partial charge in [0.15, 0.2) is 0 Å². The van der Waals surface area contributed by atoms with Crippen molar-refractivity contribution in [1.29, 1.82) is 0 Å². The Hall–Kier alpha value is -3.57. The van der Waals surface area contributed by atoms with Crippen LogP contribution in [0.25, 0.3) is 0 Å². The Labute approximate surface area is 240 Å². The van der Waals surface area contributed by atoms with E-state index in [1.807, 2.05) is 0 Å². The van der Waals surface area contributed by atoms with Gasteiger partial charge in [-0.05, 0) is 55.2 Å². The van der Waals surface area contributed by atoms with Crippen molar-refractivity contribution in [3.63, 3.8) is 0 Å². The third-order valence-electron chi connectivity index (χ3n) is 6.33. The Morgan fingerprint density at radius 1 is 0.952 bits per heavy atom. The van der Waals surface area contributed by atoms with Crippen molar-refractivity contribution in [2.45, 2.75) is 43.9 Å². The Kier molecular flexibility index (Phi) is 13.3. The van der Waals surface area contributed by atoms with E-state index in [0.717, 1.165) is 24.3 Å². The summed E-state index contributed by atoms with van der Waals surface area (Å²) in [5.74, 6) is -2.76. The number of benzene rings is 2. The number of halogens is 4. The van der Waals surface area contributed by atoms with Gasteiger partial charge in [0.05, 0.1) is 11.6 Å². The number of aryl methyl sites for hydroxylation is 1. The summed E-state index contributed by atoms with van der Waals surface area (Å²) < 4.78 is 52.5. The van der Waals surface area contributed by atoms with Crippen molar-refractivity contribution >= 4 is 36.0 Å². The highest BCUT2D eigenvalue weighted by atomic mass is 19.4. The first-order valence-electron chi connectivity index (χ1n) is 13.1. The molecule has 0 bridgehead atoms. The smallest absolute Gasteiger partial charge is 0.423 e. The number of nitrogens with two attached hydrogens (primary N) is 3. The van der Waals surface area contributed by atoms with E-state index < -0.39 is 54.0 Å². The minimum atomic E-state index is -4.52. The maximum atomic E-state index is 13.8. The quantitative estimate of drug-likeness (QED) is 0.105. The zero-order valence-electron chi connectivity index (χ0n) is 22.7. The Balaban J connectivity index is 2.15. The van der Waals surface area contributed by atoms with Crippen molar-refractivity contribution in [2.75, 3.05) is 31.5 Å². The number of amides is 3. The van der Waals surface area contributed by atoms with Crippen LogP contribution in [0.15, 0.2) is 42.5 Å². The largest absolute Gasteiger partial charge is 0.491 e. The zero-order valence-corrected chi connectivity index (χ0v) is 22.7. The van der Waals surface area contributed by atoms with Crippen LogP contribution in [0, 0.1) is 5.82 Å². The van der Waals surface area contributed by atoms with Gasteiger partial charge in [-0.3, -0.25) is 14.4 Å². The summed E-state index contributed by atoms with van der Waals surface area (Å²) in [6.07, 6.45) is -4.64. The topological polar surface area (TPSA) is 197 Å². The third-order valence-corrected chi connectivity index (χ3v) is 6.33. The molecule has 0 heterocycles. The van der Waals surface area contributed by atoms with Crippen LogP contribution in [0.4, 0.5) is 23.2 Å². The van der Waals surface area contributed by atoms with Crippen molar-refractivity contribution in [2.24, 2.45) is 17.2 Å². The average Bonchev–Trinajstić information content (AvgIpc) is 2.94. The van der Waals surface area contributed by atoms with Gasteiger partial charge < -0.3 is 42.8 Å². The van der Waals surface area contributed by atoms with Crippen LogP contribution < -0.4 is 33.3 Å². The van der Waals surface area contributed by atoms with Gasteiger partial charge in [0.2, 0.25) is 17.7 Å². The zero-order chi connectivity index (χ0) is 31.4. The van der Waals surface area contributed by atoms with Crippen molar-refractivity contribution in [3.05, 3.63) is 59.4 Å². The van der Waals surface area contributed by atoms with Crippen LogP contribution in [0.3, 0.4) is 0 Å². The number of rotatable bonds is 15. The van der Waals surface area contributed by atoms with E-state index in [9.17, 15) is 42.0 Å². The number of nitrogens with zero attached hydrogens (tertiary/aromatic N) is 1. The van der Waals surface area contributed by atoms with Crippen molar-refractivity contribution in [1.82, 2.24) is 10.2 Å². The molecule has 42 heavy (non-hydrogen) atoms. The van der Waals surface area contributed by atoms with Crippen LogP contribution in [0.1, 0.15) is 30.4 Å². The molecule has 0 fully saturated rings. The highest BCUT2D eigenvalue weighted by Gasteiger charge is 2.30. The van der Waals surface area contributed by atoms with Gasteiger partial charge in [-0.1, -0.05) is 12.1 Å². The molecule has 16 heteroatoms. The standard InChI is InChI=1S/C26H35BF4N6O5/c28-20-7-6-18(15-19(20)27(41)42)35-25(40)22(9-3-16-1-4-17(5-2-16)26(29,30)31)36-24(39)21(34)8-10-23(38)37(13-11-32)14-12-33/h1-2,4-7,15,21-22,41-42H,3,8-14,32-34H2,(H,35,40)(H,36,39). The van der Waals surface area contributed by atoms with Gasteiger partial charge >= 0.3 is 13.3 Å². The SMILES string of the molecule is NCCN(CCN)C(=O)CCC(N)C(=O)NC(CCc1ccc(C(F)(F)F)cc1)C(=O)Nc1ccc(F)c(B(O)O)c1. The van der Waals surface area contributed by atoms with Gasteiger partial charge in [0, 0.05) is 43.8 Å². The van der Waals surface area contributed by atoms with Crippen LogP contribution >= 0.6 is 0 Å². The summed E-state index contributed by atoms with van der Waals surface area (Å²) in [7, 11) is -2.15. The molecule has 2 aromatic carbocycles. The highest BCUT2D eigenvalue weighted by molar-refractivity contribution is 6.58. The normalized spacial score (nSPS) is 12.8. The van der Waals surface area contributed by atoms with E-state index in [2.05, 4.69) is 10.6 Å². The monoisotopic (exact) mass is 598 g/mol. The highest BCUT2D eigenvalue weighted by Crippen LogP contribution is 2.29. The molecule has 2 unspecified atom stereocenters. The first kappa shape index (κ1) is 34.6. The van der Waals surface area contributed by atoms with Crippen LogP contribution in [-0.4, -0.2) is 78.1 Å². The van der Waals surface area contributed by atoms with E-state index in [0.29, 0.717) is 5.56 Å². The molecule has 11 nitrogen and oxygen atoms in total. The van der Waals surface area contributed by atoms with Crippen LogP contribution in [0.5, 0.6) is 0 Å². The number of carbonyl (C=O) groups is 3. The molecule has 2 rings (SSSR count). The molecule has 0 spiro atoms. The molecule has 2 aromatic rings. The van der Waals surface area contributed by atoms with Gasteiger partial charge in [-0.15, -0.1) is 0 Å².